The van der Waals surface area contributed by atoms with Crippen LogP contribution in [0.3, 0.4) is 0 Å². The standard InChI is InChI=1S/C28H27Cl3N2O4/c1-18-4-3-5-19(2)26(18)33(25(34)17-37-24-11-10-22(30)16-23(24)31)28(35)27(32-12-14-36-15-13-32)20-6-8-21(29)9-7-20/h3-11,16,27H,12-15,17H2,1-2H3/t27-/m1/s1. The lowest BCUT2D eigenvalue weighted by atomic mass is 10.0. The molecular weight excluding hydrogens is 535 g/mol. The lowest BCUT2D eigenvalue weighted by molar-refractivity contribution is -0.132. The number of halogens is 3. The molecule has 0 aliphatic carbocycles. The summed E-state index contributed by atoms with van der Waals surface area (Å²) in [6, 6.07) is 16.8. The number of rotatable bonds is 7. The van der Waals surface area contributed by atoms with E-state index in [0.717, 1.165) is 16.7 Å². The largest absolute Gasteiger partial charge is 0.482 e. The number of imide groups is 1. The van der Waals surface area contributed by atoms with E-state index in [0.29, 0.717) is 47.8 Å². The second kappa shape index (κ2) is 12.3. The summed E-state index contributed by atoms with van der Waals surface area (Å²) in [6.07, 6.45) is 0. The molecule has 3 aromatic carbocycles. The van der Waals surface area contributed by atoms with E-state index in [1.807, 2.05) is 49.1 Å². The van der Waals surface area contributed by atoms with Crippen molar-refractivity contribution < 1.29 is 19.1 Å². The molecule has 0 spiro atoms. The van der Waals surface area contributed by atoms with Gasteiger partial charge in [-0.05, 0) is 60.9 Å². The molecule has 1 heterocycles. The molecule has 1 fully saturated rings. The van der Waals surface area contributed by atoms with Crippen molar-refractivity contribution in [2.75, 3.05) is 37.8 Å². The number of para-hydroxylation sites is 1. The summed E-state index contributed by atoms with van der Waals surface area (Å²) in [4.78, 5) is 31.4. The van der Waals surface area contributed by atoms with E-state index in [2.05, 4.69) is 0 Å². The van der Waals surface area contributed by atoms with Crippen molar-refractivity contribution in [1.82, 2.24) is 4.90 Å². The highest BCUT2D eigenvalue weighted by molar-refractivity contribution is 6.35. The van der Waals surface area contributed by atoms with Gasteiger partial charge in [-0.1, -0.05) is 65.1 Å². The second-order valence-electron chi connectivity index (χ2n) is 8.77. The minimum absolute atomic E-state index is 0.276. The van der Waals surface area contributed by atoms with Gasteiger partial charge in [0.15, 0.2) is 6.61 Å². The van der Waals surface area contributed by atoms with Gasteiger partial charge in [-0.3, -0.25) is 14.5 Å². The van der Waals surface area contributed by atoms with Crippen LogP contribution in [0.25, 0.3) is 0 Å². The third kappa shape index (κ3) is 6.46. The number of amides is 2. The minimum Gasteiger partial charge on any atom is -0.482 e. The van der Waals surface area contributed by atoms with Crippen LogP contribution in [-0.2, 0) is 14.3 Å². The summed E-state index contributed by atoms with van der Waals surface area (Å²) >= 11 is 18.4. The van der Waals surface area contributed by atoms with Crippen LogP contribution < -0.4 is 9.64 Å². The van der Waals surface area contributed by atoms with Crippen molar-refractivity contribution in [2.45, 2.75) is 19.9 Å². The first kappa shape index (κ1) is 27.4. The topological polar surface area (TPSA) is 59.1 Å². The molecule has 0 radical (unpaired) electrons. The number of nitrogens with zero attached hydrogens (tertiary/aromatic N) is 2. The van der Waals surface area contributed by atoms with Crippen LogP contribution >= 0.6 is 34.8 Å². The Labute approximate surface area is 231 Å². The SMILES string of the molecule is Cc1cccc(C)c1N(C(=O)COc1ccc(Cl)cc1Cl)C(=O)[C@@H](c1ccc(Cl)cc1)N1CCOCC1. The normalized spacial score (nSPS) is 14.7. The highest BCUT2D eigenvalue weighted by Crippen LogP contribution is 2.33. The molecule has 1 aliphatic rings. The summed E-state index contributed by atoms with van der Waals surface area (Å²) < 4.78 is 11.3. The third-order valence-electron chi connectivity index (χ3n) is 6.21. The van der Waals surface area contributed by atoms with Gasteiger partial charge in [0, 0.05) is 23.1 Å². The molecule has 1 atom stereocenters. The molecule has 194 valence electrons. The van der Waals surface area contributed by atoms with E-state index >= 15 is 0 Å². The van der Waals surface area contributed by atoms with Gasteiger partial charge in [0.1, 0.15) is 11.8 Å². The Kier molecular flexibility index (Phi) is 9.11. The fourth-order valence-electron chi connectivity index (χ4n) is 4.43. The maximum atomic E-state index is 14.4. The number of anilines is 1. The Bertz CT molecular complexity index is 1260. The first-order chi connectivity index (χ1) is 17.8. The number of carbonyl (C=O) groups is 2. The molecular formula is C28H27Cl3N2O4. The molecule has 0 aromatic heterocycles. The molecule has 1 aliphatic heterocycles. The fraction of sp³-hybridized carbons (Fsp3) is 0.286. The van der Waals surface area contributed by atoms with E-state index in [1.54, 1.807) is 24.3 Å². The van der Waals surface area contributed by atoms with Crippen LogP contribution in [-0.4, -0.2) is 49.6 Å². The average molecular weight is 562 g/mol. The molecule has 2 amide bonds. The molecule has 37 heavy (non-hydrogen) atoms. The first-order valence-electron chi connectivity index (χ1n) is 11.8. The molecule has 0 unspecified atom stereocenters. The van der Waals surface area contributed by atoms with Crippen LogP contribution in [0.5, 0.6) is 5.75 Å². The van der Waals surface area contributed by atoms with Gasteiger partial charge in [0.2, 0.25) is 0 Å². The lowest BCUT2D eigenvalue weighted by Gasteiger charge is -2.37. The van der Waals surface area contributed by atoms with Gasteiger partial charge >= 0.3 is 0 Å². The van der Waals surface area contributed by atoms with E-state index < -0.39 is 18.6 Å². The predicted octanol–water partition coefficient (Wildman–Crippen LogP) is 6.28. The number of carbonyl (C=O) groups excluding carboxylic acids is 2. The number of hydrogen-bond acceptors (Lipinski definition) is 5. The third-order valence-corrected chi connectivity index (χ3v) is 6.99. The number of hydrogen-bond donors (Lipinski definition) is 0. The van der Waals surface area contributed by atoms with Crippen molar-refractivity contribution in [3.63, 3.8) is 0 Å². The van der Waals surface area contributed by atoms with Gasteiger partial charge in [-0.2, -0.15) is 0 Å². The Morgan fingerprint density at radius 3 is 2.19 bits per heavy atom. The number of morpholine rings is 1. The predicted molar refractivity (Wildman–Crippen MR) is 147 cm³/mol. The summed E-state index contributed by atoms with van der Waals surface area (Å²) in [5, 5.41) is 1.29. The zero-order valence-electron chi connectivity index (χ0n) is 20.5. The van der Waals surface area contributed by atoms with Gasteiger partial charge in [-0.25, -0.2) is 4.90 Å². The molecule has 3 aromatic rings. The quantitative estimate of drug-likeness (QED) is 0.340. The highest BCUT2D eigenvalue weighted by Gasteiger charge is 2.37. The van der Waals surface area contributed by atoms with E-state index in [-0.39, 0.29) is 10.9 Å². The summed E-state index contributed by atoms with van der Waals surface area (Å²) in [7, 11) is 0. The van der Waals surface area contributed by atoms with Crippen molar-refractivity contribution in [2.24, 2.45) is 0 Å². The monoisotopic (exact) mass is 560 g/mol. The van der Waals surface area contributed by atoms with E-state index in [1.165, 1.54) is 11.0 Å². The molecule has 6 nitrogen and oxygen atoms in total. The van der Waals surface area contributed by atoms with Crippen LogP contribution in [0.1, 0.15) is 22.7 Å². The Morgan fingerprint density at radius 2 is 1.57 bits per heavy atom. The number of aryl methyl sites for hydroxylation is 2. The van der Waals surface area contributed by atoms with Crippen molar-refractivity contribution in [3.05, 3.63) is 92.4 Å². The first-order valence-corrected chi connectivity index (χ1v) is 13.0. The van der Waals surface area contributed by atoms with Gasteiger partial charge < -0.3 is 9.47 Å². The van der Waals surface area contributed by atoms with Gasteiger partial charge in [0.25, 0.3) is 11.8 Å². The Balaban J connectivity index is 1.73. The number of benzene rings is 3. The highest BCUT2D eigenvalue weighted by atomic mass is 35.5. The van der Waals surface area contributed by atoms with E-state index in [4.69, 9.17) is 44.3 Å². The zero-order valence-corrected chi connectivity index (χ0v) is 22.8. The molecule has 0 bridgehead atoms. The molecule has 0 N–H and O–H groups in total. The average Bonchev–Trinajstić information content (AvgIpc) is 2.87. The summed E-state index contributed by atoms with van der Waals surface area (Å²) in [5.41, 5.74) is 2.86. The smallest absolute Gasteiger partial charge is 0.271 e. The Morgan fingerprint density at radius 1 is 0.946 bits per heavy atom. The van der Waals surface area contributed by atoms with Crippen molar-refractivity contribution in [3.8, 4) is 5.75 Å². The van der Waals surface area contributed by atoms with Gasteiger partial charge in [0.05, 0.1) is 23.9 Å². The summed E-state index contributed by atoms with van der Waals surface area (Å²) in [5.74, 6) is -0.589. The zero-order chi connectivity index (χ0) is 26.5. The van der Waals surface area contributed by atoms with E-state index in [9.17, 15) is 9.59 Å². The fourth-order valence-corrected chi connectivity index (χ4v) is 5.01. The molecule has 9 heteroatoms. The molecule has 4 rings (SSSR count). The molecule has 1 saturated heterocycles. The summed E-state index contributed by atoms with van der Waals surface area (Å²) in [6.45, 7) is 5.43. The van der Waals surface area contributed by atoms with Crippen LogP contribution in [0, 0.1) is 13.8 Å². The maximum Gasteiger partial charge on any atom is 0.271 e. The van der Waals surface area contributed by atoms with Crippen LogP contribution in [0.2, 0.25) is 15.1 Å². The minimum atomic E-state index is -0.719. The maximum absolute atomic E-state index is 14.4. The van der Waals surface area contributed by atoms with Crippen LogP contribution in [0.4, 0.5) is 5.69 Å². The lowest BCUT2D eigenvalue weighted by Crippen LogP contribution is -2.50. The van der Waals surface area contributed by atoms with Crippen molar-refractivity contribution in [1.29, 1.82) is 0 Å². The van der Waals surface area contributed by atoms with Gasteiger partial charge in [-0.15, -0.1) is 0 Å². The second-order valence-corrected chi connectivity index (χ2v) is 10.1. The molecule has 0 saturated carbocycles. The number of ether oxygens (including phenoxy) is 2. The Hall–Kier alpha value is -2.61. The van der Waals surface area contributed by atoms with Crippen molar-refractivity contribution >= 4 is 52.3 Å². The van der Waals surface area contributed by atoms with Crippen LogP contribution in [0.15, 0.2) is 60.7 Å².